The number of likely N-dealkylation sites (tertiary alicyclic amines) is 1. The molecule has 1 fully saturated rings. The smallest absolute Gasteiger partial charge is 0.262 e. The van der Waals surface area contributed by atoms with Gasteiger partial charge in [-0.05, 0) is 30.4 Å². The molecule has 0 radical (unpaired) electrons. The summed E-state index contributed by atoms with van der Waals surface area (Å²) < 4.78 is 1.59. The molecule has 0 aliphatic carbocycles. The van der Waals surface area contributed by atoms with E-state index < -0.39 is 0 Å². The van der Waals surface area contributed by atoms with Crippen LogP contribution in [0, 0.1) is 11.8 Å². The minimum absolute atomic E-state index is 0.0920. The van der Waals surface area contributed by atoms with Gasteiger partial charge in [0.2, 0.25) is 5.91 Å². The minimum Gasteiger partial charge on any atom is -0.341 e. The van der Waals surface area contributed by atoms with Crippen molar-refractivity contribution >= 4 is 28.6 Å². The first-order valence-electron chi connectivity index (χ1n) is 9.00. The summed E-state index contributed by atoms with van der Waals surface area (Å²) in [6.45, 7) is 10.1. The summed E-state index contributed by atoms with van der Waals surface area (Å²) in [6.07, 6.45) is 2.85. The molecule has 1 aliphatic rings. The number of fused-ring (bicyclic) bond motifs is 1. The Balaban J connectivity index is 1.81. The number of carbonyl (C=O) groups is 1. The molecule has 2 unspecified atom stereocenters. The SMILES string of the molecule is C=CCn1c(SCC(=O)N2CC(C)CC(C)C2)nc2ccccc2c1=O. The lowest BCUT2D eigenvalue weighted by Gasteiger charge is -2.35. The van der Waals surface area contributed by atoms with Crippen molar-refractivity contribution in [1.29, 1.82) is 0 Å². The van der Waals surface area contributed by atoms with Gasteiger partial charge in [0.15, 0.2) is 5.16 Å². The second-order valence-electron chi connectivity index (χ2n) is 7.15. The van der Waals surface area contributed by atoms with Crippen molar-refractivity contribution in [3.63, 3.8) is 0 Å². The molecule has 1 aromatic heterocycles. The van der Waals surface area contributed by atoms with Crippen molar-refractivity contribution in [2.24, 2.45) is 11.8 Å². The maximum atomic E-state index is 12.7. The predicted octanol–water partition coefficient (Wildman–Crippen LogP) is 3.18. The van der Waals surface area contributed by atoms with Crippen molar-refractivity contribution in [3.8, 4) is 0 Å². The first-order chi connectivity index (χ1) is 12.5. The van der Waals surface area contributed by atoms with E-state index in [9.17, 15) is 9.59 Å². The number of rotatable bonds is 5. The number of para-hydroxylation sites is 1. The molecule has 1 aliphatic heterocycles. The zero-order chi connectivity index (χ0) is 18.7. The Bertz CT molecular complexity index is 867. The van der Waals surface area contributed by atoms with Gasteiger partial charge in [0.25, 0.3) is 5.56 Å². The minimum atomic E-state index is -0.0920. The van der Waals surface area contributed by atoms with Crippen molar-refractivity contribution < 1.29 is 4.79 Å². The van der Waals surface area contributed by atoms with Crippen LogP contribution in [0.4, 0.5) is 0 Å². The molecule has 0 spiro atoms. The molecule has 3 rings (SSSR count). The Morgan fingerprint density at radius 3 is 2.69 bits per heavy atom. The number of carbonyl (C=O) groups excluding carboxylic acids is 1. The molecule has 1 amide bonds. The third kappa shape index (κ3) is 4.01. The van der Waals surface area contributed by atoms with Crippen molar-refractivity contribution in [2.45, 2.75) is 32.0 Å². The Morgan fingerprint density at radius 2 is 2.00 bits per heavy atom. The summed E-state index contributed by atoms with van der Waals surface area (Å²) in [6, 6.07) is 7.30. The first kappa shape index (κ1) is 18.7. The van der Waals surface area contributed by atoms with Gasteiger partial charge < -0.3 is 4.90 Å². The van der Waals surface area contributed by atoms with Gasteiger partial charge in [-0.25, -0.2) is 4.98 Å². The Kier molecular flexibility index (Phi) is 5.81. The molecule has 138 valence electrons. The molecule has 2 atom stereocenters. The van der Waals surface area contributed by atoms with E-state index in [0.717, 1.165) is 13.1 Å². The van der Waals surface area contributed by atoms with Gasteiger partial charge in [-0.15, -0.1) is 6.58 Å². The van der Waals surface area contributed by atoms with E-state index in [-0.39, 0.29) is 11.5 Å². The van der Waals surface area contributed by atoms with Gasteiger partial charge in [0.1, 0.15) is 0 Å². The van der Waals surface area contributed by atoms with E-state index in [1.165, 1.54) is 18.2 Å². The fraction of sp³-hybridized carbons (Fsp3) is 0.450. The van der Waals surface area contributed by atoms with Gasteiger partial charge in [-0.1, -0.05) is 43.8 Å². The number of nitrogens with zero attached hydrogens (tertiary/aromatic N) is 3. The van der Waals surface area contributed by atoms with E-state index in [1.807, 2.05) is 23.1 Å². The average molecular weight is 372 g/mol. The lowest BCUT2D eigenvalue weighted by Crippen LogP contribution is -2.43. The number of aromatic nitrogens is 2. The fourth-order valence-electron chi connectivity index (χ4n) is 3.63. The summed E-state index contributed by atoms with van der Waals surface area (Å²) in [5, 5.41) is 1.16. The summed E-state index contributed by atoms with van der Waals surface area (Å²) in [5.74, 6) is 1.47. The summed E-state index contributed by atoms with van der Waals surface area (Å²) >= 11 is 1.33. The van der Waals surface area contributed by atoms with Gasteiger partial charge in [0.05, 0.1) is 16.7 Å². The number of benzene rings is 1. The van der Waals surface area contributed by atoms with Crippen LogP contribution in [0.3, 0.4) is 0 Å². The van der Waals surface area contributed by atoms with E-state index in [4.69, 9.17) is 0 Å². The highest BCUT2D eigenvalue weighted by Gasteiger charge is 2.25. The summed E-state index contributed by atoms with van der Waals surface area (Å²) in [7, 11) is 0. The normalized spacial score (nSPS) is 20.3. The van der Waals surface area contributed by atoms with Crippen LogP contribution in [0.5, 0.6) is 0 Å². The van der Waals surface area contributed by atoms with E-state index in [1.54, 1.807) is 16.7 Å². The van der Waals surface area contributed by atoms with E-state index in [0.29, 0.717) is 40.2 Å². The van der Waals surface area contributed by atoms with Crippen LogP contribution in [-0.2, 0) is 11.3 Å². The molecular weight excluding hydrogens is 346 g/mol. The fourth-order valence-corrected chi connectivity index (χ4v) is 4.54. The largest absolute Gasteiger partial charge is 0.341 e. The van der Waals surface area contributed by atoms with Crippen molar-refractivity contribution in [2.75, 3.05) is 18.8 Å². The number of thioether (sulfide) groups is 1. The number of hydrogen-bond donors (Lipinski definition) is 0. The van der Waals surface area contributed by atoms with Crippen LogP contribution >= 0.6 is 11.8 Å². The van der Waals surface area contributed by atoms with Gasteiger partial charge >= 0.3 is 0 Å². The van der Waals surface area contributed by atoms with Crippen LogP contribution in [0.15, 0.2) is 46.9 Å². The Labute approximate surface area is 158 Å². The molecule has 0 saturated carbocycles. The highest BCUT2D eigenvalue weighted by atomic mass is 32.2. The highest BCUT2D eigenvalue weighted by Crippen LogP contribution is 2.23. The number of piperidine rings is 1. The standard InChI is InChI=1S/C20H25N3O2S/c1-4-9-23-19(25)16-7-5-6-8-17(16)21-20(23)26-13-18(24)22-11-14(2)10-15(3)12-22/h4-8,14-15H,1,9-13H2,2-3H3. The van der Waals surface area contributed by atoms with Crippen LogP contribution in [0.2, 0.25) is 0 Å². The molecule has 1 aromatic carbocycles. The third-order valence-corrected chi connectivity index (χ3v) is 5.65. The molecule has 0 bridgehead atoms. The van der Waals surface area contributed by atoms with Gasteiger partial charge in [-0.2, -0.15) is 0 Å². The number of hydrogen-bond acceptors (Lipinski definition) is 4. The van der Waals surface area contributed by atoms with Crippen LogP contribution < -0.4 is 5.56 Å². The Hall–Kier alpha value is -2.08. The quantitative estimate of drug-likeness (QED) is 0.460. The molecule has 26 heavy (non-hydrogen) atoms. The zero-order valence-electron chi connectivity index (χ0n) is 15.4. The topological polar surface area (TPSA) is 55.2 Å². The molecule has 5 nitrogen and oxygen atoms in total. The maximum Gasteiger partial charge on any atom is 0.262 e. The van der Waals surface area contributed by atoms with Crippen molar-refractivity contribution in [3.05, 3.63) is 47.3 Å². The predicted molar refractivity (Wildman–Crippen MR) is 106 cm³/mol. The second kappa shape index (κ2) is 8.08. The lowest BCUT2D eigenvalue weighted by atomic mass is 9.92. The van der Waals surface area contributed by atoms with Gasteiger partial charge in [-0.3, -0.25) is 14.2 Å². The average Bonchev–Trinajstić information content (AvgIpc) is 2.61. The maximum absolute atomic E-state index is 12.7. The summed E-state index contributed by atoms with van der Waals surface area (Å²) in [5.41, 5.74) is 0.568. The third-order valence-electron chi connectivity index (χ3n) is 4.68. The number of allylic oxidation sites excluding steroid dienone is 1. The summed E-state index contributed by atoms with van der Waals surface area (Å²) in [4.78, 5) is 31.9. The molecule has 6 heteroatoms. The Morgan fingerprint density at radius 1 is 1.31 bits per heavy atom. The van der Waals surface area contributed by atoms with E-state index in [2.05, 4.69) is 25.4 Å². The lowest BCUT2D eigenvalue weighted by molar-refractivity contribution is -0.130. The molecule has 2 heterocycles. The molecule has 1 saturated heterocycles. The second-order valence-corrected chi connectivity index (χ2v) is 8.09. The van der Waals surface area contributed by atoms with Gasteiger partial charge in [0, 0.05) is 19.6 Å². The molecule has 0 N–H and O–H groups in total. The zero-order valence-corrected chi connectivity index (χ0v) is 16.2. The van der Waals surface area contributed by atoms with Crippen LogP contribution in [-0.4, -0.2) is 39.2 Å². The van der Waals surface area contributed by atoms with Crippen LogP contribution in [0.1, 0.15) is 20.3 Å². The molecular formula is C20H25N3O2S. The van der Waals surface area contributed by atoms with Crippen molar-refractivity contribution in [1.82, 2.24) is 14.5 Å². The number of amides is 1. The van der Waals surface area contributed by atoms with Crippen LogP contribution in [0.25, 0.3) is 10.9 Å². The molecule has 2 aromatic rings. The van der Waals surface area contributed by atoms with E-state index >= 15 is 0 Å². The first-order valence-corrected chi connectivity index (χ1v) is 9.99. The highest BCUT2D eigenvalue weighted by molar-refractivity contribution is 7.99. The monoisotopic (exact) mass is 371 g/mol.